The zero-order valence-electron chi connectivity index (χ0n) is 10.7. The van der Waals surface area contributed by atoms with Crippen LogP contribution in [0.5, 0.6) is 5.75 Å². The van der Waals surface area contributed by atoms with Gasteiger partial charge in [0.2, 0.25) is 0 Å². The molecule has 0 amide bonds. The van der Waals surface area contributed by atoms with Crippen LogP contribution in [0.25, 0.3) is 11.3 Å². The molecule has 0 saturated heterocycles. The number of nitrogens with zero attached hydrogens (tertiary/aromatic N) is 1. The van der Waals surface area contributed by atoms with E-state index in [1.165, 1.54) is 0 Å². The monoisotopic (exact) mass is 275 g/mol. The van der Waals surface area contributed by atoms with Gasteiger partial charge in [-0.1, -0.05) is 11.6 Å². The van der Waals surface area contributed by atoms with Crippen molar-refractivity contribution in [2.24, 2.45) is 5.73 Å². The van der Waals surface area contributed by atoms with E-state index in [0.717, 1.165) is 17.0 Å². The van der Waals surface area contributed by atoms with Crippen LogP contribution in [0.3, 0.4) is 0 Å². The molecule has 3 N–H and O–H groups in total. The second-order valence-electron chi connectivity index (χ2n) is 4.09. The Balaban J connectivity index is 2.45. The highest BCUT2D eigenvalue weighted by molar-refractivity contribution is 6.32. The predicted octanol–water partition coefficient (Wildman–Crippen LogP) is 3.00. The average molecular weight is 276 g/mol. The Morgan fingerprint density at radius 1 is 1.32 bits per heavy atom. The summed E-state index contributed by atoms with van der Waals surface area (Å²) in [7, 11) is 1.57. The summed E-state index contributed by atoms with van der Waals surface area (Å²) < 4.78 is 5.11. The summed E-state index contributed by atoms with van der Waals surface area (Å²) in [6.45, 7) is 1.82. The number of nitrogens with one attached hydrogen (secondary N) is 1. The van der Waals surface area contributed by atoms with Gasteiger partial charge in [-0.2, -0.15) is 0 Å². The lowest BCUT2D eigenvalue weighted by Gasteiger charge is -2.08. The van der Waals surface area contributed by atoms with Gasteiger partial charge in [-0.15, -0.1) is 0 Å². The smallest absolute Gasteiger partial charge is 0.137 e. The van der Waals surface area contributed by atoms with Gasteiger partial charge in [-0.3, -0.25) is 10.4 Å². The molecule has 2 rings (SSSR count). The number of hydrogen-bond donors (Lipinski definition) is 2. The second kappa shape index (κ2) is 5.28. The van der Waals surface area contributed by atoms with Crippen molar-refractivity contribution in [1.82, 2.24) is 4.98 Å². The highest BCUT2D eigenvalue weighted by Crippen LogP contribution is 2.29. The first-order valence-electron chi connectivity index (χ1n) is 5.69. The van der Waals surface area contributed by atoms with Gasteiger partial charge in [-0.25, -0.2) is 0 Å². The Morgan fingerprint density at radius 3 is 2.58 bits per heavy atom. The van der Waals surface area contributed by atoms with Crippen molar-refractivity contribution in [2.75, 3.05) is 7.11 Å². The summed E-state index contributed by atoms with van der Waals surface area (Å²) in [5, 5.41) is 7.98. The van der Waals surface area contributed by atoms with Gasteiger partial charge < -0.3 is 10.5 Å². The lowest BCUT2D eigenvalue weighted by Crippen LogP contribution is -2.13. The molecule has 19 heavy (non-hydrogen) atoms. The SMILES string of the molecule is COc1ccc(-c2ccc(C(=N)N)c(C)n2)cc1Cl. The van der Waals surface area contributed by atoms with Crippen molar-refractivity contribution in [3.05, 3.63) is 46.6 Å². The molecule has 0 atom stereocenters. The second-order valence-corrected chi connectivity index (χ2v) is 4.50. The van der Waals surface area contributed by atoms with Crippen molar-refractivity contribution in [2.45, 2.75) is 6.92 Å². The fraction of sp³-hybridized carbons (Fsp3) is 0.143. The quantitative estimate of drug-likeness (QED) is 0.668. The summed E-state index contributed by atoms with van der Waals surface area (Å²) in [4.78, 5) is 4.44. The molecular weight excluding hydrogens is 262 g/mol. The number of methoxy groups -OCH3 is 1. The first kappa shape index (κ1) is 13.4. The molecule has 1 aromatic carbocycles. The zero-order chi connectivity index (χ0) is 14.0. The van der Waals surface area contributed by atoms with Crippen LogP contribution in [0.2, 0.25) is 5.02 Å². The molecule has 0 aliphatic carbocycles. The molecule has 1 aromatic heterocycles. The van der Waals surface area contributed by atoms with E-state index in [1.807, 2.05) is 19.1 Å². The van der Waals surface area contributed by atoms with E-state index in [4.69, 9.17) is 27.5 Å². The first-order chi connectivity index (χ1) is 9.02. The minimum atomic E-state index is 0.0179. The van der Waals surface area contributed by atoms with E-state index in [9.17, 15) is 0 Å². The summed E-state index contributed by atoms with van der Waals surface area (Å²) in [5.41, 5.74) is 8.51. The van der Waals surface area contributed by atoms with Crippen molar-refractivity contribution in [3.63, 3.8) is 0 Å². The number of amidine groups is 1. The minimum Gasteiger partial charge on any atom is -0.495 e. The molecule has 98 valence electrons. The molecule has 0 unspecified atom stereocenters. The number of rotatable bonds is 3. The molecule has 0 bridgehead atoms. The van der Waals surface area contributed by atoms with E-state index in [-0.39, 0.29) is 5.84 Å². The van der Waals surface area contributed by atoms with Gasteiger partial charge in [0.1, 0.15) is 11.6 Å². The van der Waals surface area contributed by atoms with Crippen molar-refractivity contribution in [3.8, 4) is 17.0 Å². The number of aromatic nitrogens is 1. The standard InChI is InChI=1S/C14H14ClN3O/c1-8-10(14(16)17)4-5-12(18-8)9-3-6-13(19-2)11(15)7-9/h3-7H,1-2H3,(H3,16,17). The summed E-state index contributed by atoms with van der Waals surface area (Å²) in [5.74, 6) is 0.645. The van der Waals surface area contributed by atoms with E-state index in [1.54, 1.807) is 25.3 Å². The number of benzene rings is 1. The Bertz CT molecular complexity index is 641. The van der Waals surface area contributed by atoms with Gasteiger partial charge in [-0.05, 0) is 37.3 Å². The summed E-state index contributed by atoms with van der Waals surface area (Å²) in [6, 6.07) is 9.10. The Labute approximate surface area is 116 Å². The van der Waals surface area contributed by atoms with Crippen LogP contribution < -0.4 is 10.5 Å². The van der Waals surface area contributed by atoms with E-state index in [0.29, 0.717) is 16.3 Å². The molecule has 2 aromatic rings. The van der Waals surface area contributed by atoms with Gasteiger partial charge >= 0.3 is 0 Å². The van der Waals surface area contributed by atoms with Gasteiger partial charge in [0, 0.05) is 16.8 Å². The lowest BCUT2D eigenvalue weighted by molar-refractivity contribution is 0.415. The van der Waals surface area contributed by atoms with Gasteiger partial charge in [0.05, 0.1) is 17.8 Å². The molecule has 1 heterocycles. The van der Waals surface area contributed by atoms with Crippen LogP contribution >= 0.6 is 11.6 Å². The fourth-order valence-corrected chi connectivity index (χ4v) is 2.09. The fourth-order valence-electron chi connectivity index (χ4n) is 1.83. The maximum absolute atomic E-state index is 7.44. The van der Waals surface area contributed by atoms with Gasteiger partial charge in [0.15, 0.2) is 0 Å². The zero-order valence-corrected chi connectivity index (χ0v) is 11.5. The average Bonchev–Trinajstić information content (AvgIpc) is 2.38. The van der Waals surface area contributed by atoms with Crippen molar-refractivity contribution in [1.29, 1.82) is 5.41 Å². The van der Waals surface area contributed by atoms with Crippen LogP contribution in [0.15, 0.2) is 30.3 Å². The topological polar surface area (TPSA) is 72.0 Å². The Kier molecular flexibility index (Phi) is 3.71. The number of aryl methyl sites for hydroxylation is 1. The number of nitrogens with two attached hydrogens (primary N) is 1. The maximum atomic E-state index is 7.44. The molecule has 0 fully saturated rings. The molecule has 0 saturated carbocycles. The molecule has 0 aliphatic heterocycles. The van der Waals surface area contributed by atoms with Crippen LogP contribution in [0.4, 0.5) is 0 Å². The predicted molar refractivity (Wildman–Crippen MR) is 77.0 cm³/mol. The van der Waals surface area contributed by atoms with Gasteiger partial charge in [0.25, 0.3) is 0 Å². The lowest BCUT2D eigenvalue weighted by atomic mass is 10.1. The molecule has 0 radical (unpaired) electrons. The van der Waals surface area contributed by atoms with Crippen LogP contribution in [0.1, 0.15) is 11.3 Å². The third kappa shape index (κ3) is 2.69. The number of nitrogen functional groups attached to an aromatic ring is 1. The number of ether oxygens (including phenoxy) is 1. The summed E-state index contributed by atoms with van der Waals surface area (Å²) in [6.07, 6.45) is 0. The molecule has 4 nitrogen and oxygen atoms in total. The largest absolute Gasteiger partial charge is 0.495 e. The van der Waals surface area contributed by atoms with E-state index < -0.39 is 0 Å². The Morgan fingerprint density at radius 2 is 2.05 bits per heavy atom. The number of hydrogen-bond acceptors (Lipinski definition) is 3. The number of halogens is 1. The van der Waals surface area contributed by atoms with Crippen molar-refractivity contribution >= 4 is 17.4 Å². The Hall–Kier alpha value is -2.07. The first-order valence-corrected chi connectivity index (χ1v) is 6.06. The van der Waals surface area contributed by atoms with Crippen LogP contribution in [0, 0.1) is 12.3 Å². The molecular formula is C14H14ClN3O. The molecule has 0 spiro atoms. The molecule has 0 aliphatic rings. The van der Waals surface area contributed by atoms with E-state index >= 15 is 0 Å². The normalized spacial score (nSPS) is 10.3. The minimum absolute atomic E-state index is 0.0179. The third-order valence-electron chi connectivity index (χ3n) is 2.82. The highest BCUT2D eigenvalue weighted by atomic mass is 35.5. The highest BCUT2D eigenvalue weighted by Gasteiger charge is 2.08. The number of pyridine rings is 1. The van der Waals surface area contributed by atoms with Crippen LogP contribution in [-0.2, 0) is 0 Å². The third-order valence-corrected chi connectivity index (χ3v) is 3.12. The van der Waals surface area contributed by atoms with E-state index in [2.05, 4.69) is 4.98 Å². The van der Waals surface area contributed by atoms with Crippen molar-refractivity contribution < 1.29 is 4.74 Å². The van der Waals surface area contributed by atoms with Crippen LogP contribution in [-0.4, -0.2) is 17.9 Å². The molecule has 5 heteroatoms. The maximum Gasteiger partial charge on any atom is 0.137 e. The summed E-state index contributed by atoms with van der Waals surface area (Å²) >= 11 is 6.09.